The molecule has 6 nitrogen and oxygen atoms in total. The highest BCUT2D eigenvalue weighted by Gasteiger charge is 2.17. The molecule has 6 heteroatoms. The third-order valence-corrected chi connectivity index (χ3v) is 4.75. The van der Waals surface area contributed by atoms with E-state index in [4.69, 9.17) is 0 Å². The third kappa shape index (κ3) is 4.01. The molecule has 1 aliphatic rings. The van der Waals surface area contributed by atoms with E-state index in [1.807, 2.05) is 54.6 Å². The van der Waals surface area contributed by atoms with Crippen LogP contribution in [0, 0.1) is 0 Å². The summed E-state index contributed by atoms with van der Waals surface area (Å²) in [6.07, 6.45) is 3.98. The minimum absolute atomic E-state index is 0.00000340. The van der Waals surface area contributed by atoms with E-state index in [9.17, 15) is 9.90 Å². The standard InChI is InChI=1S/C21H22N4O2/c26-19-15-25(18-6-2-1-3-7-18)23-20(19)21(27)22-17-10-8-16(9-11-17)14-24-12-4-5-13-24/h1-3,6-11,15,26H,4-5,12-14H2,(H,22,27). The molecule has 0 unspecified atom stereocenters. The topological polar surface area (TPSA) is 70.4 Å². The van der Waals surface area contributed by atoms with Crippen LogP contribution < -0.4 is 5.32 Å². The van der Waals surface area contributed by atoms with E-state index in [0.29, 0.717) is 5.69 Å². The SMILES string of the molecule is O=C(Nc1ccc(CN2CCCC2)cc1)c1nn(-c2ccccc2)cc1O. The number of aromatic nitrogens is 2. The van der Waals surface area contributed by atoms with E-state index in [1.165, 1.54) is 29.3 Å². The number of hydrogen-bond donors (Lipinski definition) is 2. The molecule has 1 aromatic heterocycles. The summed E-state index contributed by atoms with van der Waals surface area (Å²) in [4.78, 5) is 14.9. The molecule has 1 fully saturated rings. The molecule has 3 aromatic rings. The van der Waals surface area contributed by atoms with Gasteiger partial charge in [-0.15, -0.1) is 0 Å². The first-order chi connectivity index (χ1) is 13.2. The van der Waals surface area contributed by atoms with Crippen LogP contribution in [-0.4, -0.2) is 38.8 Å². The molecule has 4 rings (SSSR count). The second kappa shape index (κ2) is 7.63. The minimum Gasteiger partial charge on any atom is -0.504 e. The molecule has 1 saturated heterocycles. The lowest BCUT2D eigenvalue weighted by Gasteiger charge is -2.14. The molecule has 2 aromatic carbocycles. The van der Waals surface area contributed by atoms with Crippen LogP contribution in [0.2, 0.25) is 0 Å². The van der Waals surface area contributed by atoms with E-state index in [1.54, 1.807) is 0 Å². The average Bonchev–Trinajstić information content (AvgIpc) is 3.34. The van der Waals surface area contributed by atoms with Gasteiger partial charge in [0.05, 0.1) is 11.9 Å². The molecular weight excluding hydrogens is 340 g/mol. The highest BCUT2D eigenvalue weighted by atomic mass is 16.3. The number of carbonyl (C=O) groups is 1. The van der Waals surface area contributed by atoms with Crippen LogP contribution in [0.25, 0.3) is 5.69 Å². The lowest BCUT2D eigenvalue weighted by atomic mass is 10.2. The summed E-state index contributed by atoms with van der Waals surface area (Å²) in [6.45, 7) is 3.25. The van der Waals surface area contributed by atoms with Gasteiger partial charge in [0, 0.05) is 12.2 Å². The van der Waals surface area contributed by atoms with Crippen molar-refractivity contribution >= 4 is 11.6 Å². The molecule has 0 atom stereocenters. The van der Waals surface area contributed by atoms with E-state index >= 15 is 0 Å². The maximum Gasteiger partial charge on any atom is 0.280 e. The van der Waals surface area contributed by atoms with Crippen LogP contribution in [-0.2, 0) is 6.54 Å². The highest BCUT2D eigenvalue weighted by molar-refractivity contribution is 6.04. The fourth-order valence-corrected chi connectivity index (χ4v) is 3.32. The predicted octanol–water partition coefficient (Wildman–Crippen LogP) is 3.43. The van der Waals surface area contributed by atoms with E-state index in [2.05, 4.69) is 15.3 Å². The Balaban J connectivity index is 1.43. The number of hydrogen-bond acceptors (Lipinski definition) is 4. The Bertz CT molecular complexity index is 913. The zero-order chi connectivity index (χ0) is 18.6. The number of benzene rings is 2. The first-order valence-corrected chi connectivity index (χ1v) is 9.16. The van der Waals surface area contributed by atoms with E-state index < -0.39 is 5.91 Å². The Kier molecular flexibility index (Phi) is 4.89. The van der Waals surface area contributed by atoms with Crippen LogP contribution in [0.15, 0.2) is 60.8 Å². The quantitative estimate of drug-likeness (QED) is 0.730. The van der Waals surface area contributed by atoms with Gasteiger partial charge in [-0.1, -0.05) is 30.3 Å². The van der Waals surface area contributed by atoms with Gasteiger partial charge in [-0.2, -0.15) is 5.10 Å². The largest absolute Gasteiger partial charge is 0.504 e. The summed E-state index contributed by atoms with van der Waals surface area (Å²) in [5.41, 5.74) is 2.68. The molecule has 0 aliphatic carbocycles. The van der Waals surface area contributed by atoms with Crippen LogP contribution in [0.5, 0.6) is 5.75 Å². The van der Waals surface area contributed by atoms with Gasteiger partial charge >= 0.3 is 0 Å². The van der Waals surface area contributed by atoms with Gasteiger partial charge in [-0.3, -0.25) is 9.69 Å². The Morgan fingerprint density at radius 2 is 1.74 bits per heavy atom. The Hall–Kier alpha value is -3.12. The predicted molar refractivity (Wildman–Crippen MR) is 104 cm³/mol. The molecule has 0 spiro atoms. The Morgan fingerprint density at radius 3 is 2.44 bits per heavy atom. The van der Waals surface area contributed by atoms with Crippen molar-refractivity contribution in [2.45, 2.75) is 19.4 Å². The number of anilines is 1. The van der Waals surface area contributed by atoms with Crippen LogP contribution >= 0.6 is 0 Å². The number of aromatic hydroxyl groups is 1. The lowest BCUT2D eigenvalue weighted by molar-refractivity contribution is 0.101. The third-order valence-electron chi connectivity index (χ3n) is 4.75. The van der Waals surface area contributed by atoms with Crippen molar-refractivity contribution in [2.75, 3.05) is 18.4 Å². The number of nitrogens with one attached hydrogen (secondary N) is 1. The zero-order valence-electron chi connectivity index (χ0n) is 15.0. The first kappa shape index (κ1) is 17.3. The van der Waals surface area contributed by atoms with Gasteiger partial charge in [0.25, 0.3) is 5.91 Å². The molecule has 0 bridgehead atoms. The molecule has 2 N–H and O–H groups in total. The second-order valence-electron chi connectivity index (χ2n) is 6.78. The summed E-state index contributed by atoms with van der Waals surface area (Å²) in [5.74, 6) is -0.587. The number of likely N-dealkylation sites (tertiary alicyclic amines) is 1. The summed E-state index contributed by atoms with van der Waals surface area (Å²) in [5, 5.41) is 17.1. The van der Waals surface area contributed by atoms with Gasteiger partial charge in [-0.25, -0.2) is 4.68 Å². The van der Waals surface area contributed by atoms with Crippen molar-refractivity contribution in [3.05, 3.63) is 72.1 Å². The number of carbonyl (C=O) groups excluding carboxylic acids is 1. The Labute approximate surface area is 158 Å². The lowest BCUT2D eigenvalue weighted by Crippen LogP contribution is -2.18. The van der Waals surface area contributed by atoms with Crippen LogP contribution in [0.1, 0.15) is 28.9 Å². The molecule has 0 saturated carbocycles. The summed E-state index contributed by atoms with van der Waals surface area (Å²) >= 11 is 0. The van der Waals surface area contributed by atoms with Crippen LogP contribution in [0.3, 0.4) is 0 Å². The summed E-state index contributed by atoms with van der Waals surface area (Å²) in [7, 11) is 0. The summed E-state index contributed by atoms with van der Waals surface area (Å²) < 4.78 is 1.49. The number of rotatable bonds is 5. The summed E-state index contributed by atoms with van der Waals surface area (Å²) in [6, 6.07) is 17.2. The first-order valence-electron chi connectivity index (χ1n) is 9.16. The second-order valence-corrected chi connectivity index (χ2v) is 6.78. The van der Waals surface area contributed by atoms with Crippen molar-refractivity contribution in [2.24, 2.45) is 0 Å². The average molecular weight is 362 g/mol. The number of nitrogens with zero attached hydrogens (tertiary/aromatic N) is 3. The molecular formula is C21H22N4O2. The fourth-order valence-electron chi connectivity index (χ4n) is 3.32. The normalized spacial score (nSPS) is 14.4. The van der Waals surface area contributed by atoms with Crippen LogP contribution in [0.4, 0.5) is 5.69 Å². The zero-order valence-corrected chi connectivity index (χ0v) is 15.0. The molecule has 2 heterocycles. The molecule has 1 amide bonds. The van der Waals surface area contributed by atoms with Crippen molar-refractivity contribution in [3.8, 4) is 11.4 Å². The smallest absolute Gasteiger partial charge is 0.280 e. The van der Waals surface area contributed by atoms with Gasteiger partial charge in [0.2, 0.25) is 0 Å². The van der Waals surface area contributed by atoms with Crippen molar-refractivity contribution in [1.29, 1.82) is 0 Å². The van der Waals surface area contributed by atoms with Crippen molar-refractivity contribution in [3.63, 3.8) is 0 Å². The maximum absolute atomic E-state index is 12.5. The Morgan fingerprint density at radius 1 is 1.04 bits per heavy atom. The van der Waals surface area contributed by atoms with Gasteiger partial charge in [0.1, 0.15) is 0 Å². The van der Waals surface area contributed by atoms with E-state index in [-0.39, 0.29) is 11.4 Å². The van der Waals surface area contributed by atoms with Gasteiger partial charge < -0.3 is 10.4 Å². The fraction of sp³-hybridized carbons (Fsp3) is 0.238. The maximum atomic E-state index is 12.5. The monoisotopic (exact) mass is 362 g/mol. The molecule has 0 radical (unpaired) electrons. The minimum atomic E-state index is -0.436. The number of para-hydroxylation sites is 1. The molecule has 27 heavy (non-hydrogen) atoms. The van der Waals surface area contributed by atoms with Gasteiger partial charge in [0.15, 0.2) is 11.4 Å². The molecule has 1 aliphatic heterocycles. The van der Waals surface area contributed by atoms with Gasteiger partial charge in [-0.05, 0) is 55.8 Å². The van der Waals surface area contributed by atoms with Crippen molar-refractivity contribution < 1.29 is 9.90 Å². The van der Waals surface area contributed by atoms with Crippen molar-refractivity contribution in [1.82, 2.24) is 14.7 Å². The highest BCUT2D eigenvalue weighted by Crippen LogP contribution is 2.20. The molecule has 138 valence electrons. The van der Waals surface area contributed by atoms with E-state index in [0.717, 1.165) is 25.3 Å². The number of amides is 1.